The number of carbonyl (C=O) groups is 2. The SMILES string of the molecule is C[C@@H](O)[C@H](NC(=O)NCCNS(C)(=O)=O)C(=O)O. The van der Waals surface area contributed by atoms with Crippen LogP contribution in [-0.4, -0.2) is 62.1 Å². The van der Waals surface area contributed by atoms with Gasteiger partial charge in [-0.25, -0.2) is 22.7 Å². The summed E-state index contributed by atoms with van der Waals surface area (Å²) in [5, 5.41) is 22.1. The van der Waals surface area contributed by atoms with E-state index in [4.69, 9.17) is 10.2 Å². The minimum Gasteiger partial charge on any atom is -0.480 e. The van der Waals surface area contributed by atoms with Crippen LogP contribution in [0.4, 0.5) is 4.79 Å². The van der Waals surface area contributed by atoms with E-state index in [9.17, 15) is 18.0 Å². The second-order valence-corrected chi connectivity index (χ2v) is 5.46. The van der Waals surface area contributed by atoms with Crippen LogP contribution in [0.25, 0.3) is 0 Å². The first-order valence-corrected chi connectivity index (χ1v) is 6.92. The Bertz CT molecular complexity index is 394. The zero-order valence-corrected chi connectivity index (χ0v) is 10.8. The maximum absolute atomic E-state index is 11.2. The predicted octanol–water partition coefficient (Wildman–Crippen LogP) is -2.33. The highest BCUT2D eigenvalue weighted by atomic mass is 32.2. The molecule has 0 rings (SSSR count). The third-order valence-corrected chi connectivity index (χ3v) is 2.54. The molecule has 0 spiro atoms. The van der Waals surface area contributed by atoms with Crippen LogP contribution in [0.1, 0.15) is 6.92 Å². The van der Waals surface area contributed by atoms with Crippen molar-refractivity contribution >= 4 is 22.0 Å². The molecule has 18 heavy (non-hydrogen) atoms. The van der Waals surface area contributed by atoms with E-state index in [0.29, 0.717) is 0 Å². The fourth-order valence-electron chi connectivity index (χ4n) is 0.993. The van der Waals surface area contributed by atoms with Crippen molar-refractivity contribution in [1.82, 2.24) is 15.4 Å². The molecule has 10 heteroatoms. The van der Waals surface area contributed by atoms with Crippen molar-refractivity contribution in [3.63, 3.8) is 0 Å². The first-order chi connectivity index (χ1) is 8.13. The molecule has 0 fully saturated rings. The van der Waals surface area contributed by atoms with Crippen molar-refractivity contribution in [3.8, 4) is 0 Å². The summed E-state index contributed by atoms with van der Waals surface area (Å²) in [5.41, 5.74) is 0. The maximum Gasteiger partial charge on any atom is 0.328 e. The number of nitrogens with one attached hydrogen (secondary N) is 3. The van der Waals surface area contributed by atoms with E-state index in [0.717, 1.165) is 6.26 Å². The summed E-state index contributed by atoms with van der Waals surface area (Å²) in [6.07, 6.45) is -0.275. The Kier molecular flexibility index (Phi) is 6.58. The molecule has 2 amide bonds. The molecule has 0 bridgehead atoms. The Morgan fingerprint density at radius 1 is 1.28 bits per heavy atom. The largest absolute Gasteiger partial charge is 0.480 e. The number of aliphatic hydroxyl groups is 1. The van der Waals surface area contributed by atoms with Gasteiger partial charge in [0, 0.05) is 13.1 Å². The van der Waals surface area contributed by atoms with Gasteiger partial charge in [0.05, 0.1) is 12.4 Å². The molecule has 0 heterocycles. The number of aliphatic hydroxyl groups excluding tert-OH is 1. The van der Waals surface area contributed by atoms with E-state index in [1.807, 2.05) is 5.32 Å². The van der Waals surface area contributed by atoms with Crippen LogP contribution in [0.3, 0.4) is 0 Å². The number of carboxylic acid groups (broad SMARTS) is 1. The molecule has 0 saturated carbocycles. The topological polar surface area (TPSA) is 145 Å². The highest BCUT2D eigenvalue weighted by molar-refractivity contribution is 7.88. The number of carboxylic acids is 1. The smallest absolute Gasteiger partial charge is 0.328 e. The summed E-state index contributed by atoms with van der Waals surface area (Å²) in [7, 11) is -3.33. The summed E-state index contributed by atoms with van der Waals surface area (Å²) < 4.78 is 23.5. The Hall–Kier alpha value is -1.39. The van der Waals surface area contributed by atoms with Crippen LogP contribution in [-0.2, 0) is 14.8 Å². The minimum atomic E-state index is -3.33. The summed E-state index contributed by atoms with van der Waals surface area (Å²) in [6, 6.07) is -2.23. The predicted molar refractivity (Wildman–Crippen MR) is 62.5 cm³/mol. The van der Waals surface area contributed by atoms with Crippen molar-refractivity contribution in [2.45, 2.75) is 19.1 Å². The normalized spacial score (nSPS) is 14.6. The zero-order valence-electron chi connectivity index (χ0n) is 10.0. The maximum atomic E-state index is 11.2. The van der Waals surface area contributed by atoms with Crippen molar-refractivity contribution in [2.75, 3.05) is 19.3 Å². The first kappa shape index (κ1) is 16.6. The van der Waals surface area contributed by atoms with Gasteiger partial charge in [0.1, 0.15) is 0 Å². The number of hydrogen-bond donors (Lipinski definition) is 5. The lowest BCUT2D eigenvalue weighted by Gasteiger charge is -2.17. The molecule has 5 N–H and O–H groups in total. The van der Waals surface area contributed by atoms with E-state index in [1.165, 1.54) is 6.92 Å². The summed E-state index contributed by atoms with van der Waals surface area (Å²) in [5.74, 6) is -1.37. The number of hydrogen-bond acceptors (Lipinski definition) is 5. The fourth-order valence-corrected chi connectivity index (χ4v) is 1.47. The van der Waals surface area contributed by atoms with Gasteiger partial charge in [0.15, 0.2) is 6.04 Å². The van der Waals surface area contributed by atoms with Gasteiger partial charge in [-0.2, -0.15) is 0 Å². The van der Waals surface area contributed by atoms with Crippen LogP contribution >= 0.6 is 0 Å². The van der Waals surface area contributed by atoms with Crippen LogP contribution < -0.4 is 15.4 Å². The lowest BCUT2D eigenvalue weighted by molar-refractivity contribution is -0.141. The van der Waals surface area contributed by atoms with Crippen LogP contribution in [0.2, 0.25) is 0 Å². The summed E-state index contributed by atoms with van der Waals surface area (Å²) in [6.45, 7) is 1.20. The number of sulfonamides is 1. The van der Waals surface area contributed by atoms with Crippen molar-refractivity contribution in [2.24, 2.45) is 0 Å². The lowest BCUT2D eigenvalue weighted by atomic mass is 10.2. The minimum absolute atomic E-state index is 0.00888. The molecule has 9 nitrogen and oxygen atoms in total. The molecule has 2 atom stereocenters. The first-order valence-electron chi connectivity index (χ1n) is 5.03. The average molecular weight is 283 g/mol. The van der Waals surface area contributed by atoms with Crippen LogP contribution in [0.5, 0.6) is 0 Å². The molecule has 0 unspecified atom stereocenters. The Morgan fingerprint density at radius 2 is 1.83 bits per heavy atom. The van der Waals surface area contributed by atoms with Gasteiger partial charge in [0.25, 0.3) is 0 Å². The van der Waals surface area contributed by atoms with Gasteiger partial charge < -0.3 is 20.8 Å². The number of amides is 2. The van der Waals surface area contributed by atoms with Gasteiger partial charge in [-0.1, -0.05) is 0 Å². The van der Waals surface area contributed by atoms with E-state index >= 15 is 0 Å². The molecule has 0 aliphatic carbocycles. The molecular formula is C8H17N3O6S. The molecule has 106 valence electrons. The van der Waals surface area contributed by atoms with Gasteiger partial charge in [-0.15, -0.1) is 0 Å². The van der Waals surface area contributed by atoms with Crippen LogP contribution in [0.15, 0.2) is 0 Å². The fraction of sp³-hybridized carbons (Fsp3) is 0.750. The highest BCUT2D eigenvalue weighted by Crippen LogP contribution is 1.92. The third kappa shape index (κ3) is 7.81. The van der Waals surface area contributed by atoms with Crippen LogP contribution in [0, 0.1) is 0 Å². The van der Waals surface area contributed by atoms with E-state index in [2.05, 4.69) is 10.0 Å². The Labute approximate surface area is 105 Å². The van der Waals surface area contributed by atoms with E-state index in [-0.39, 0.29) is 13.1 Å². The van der Waals surface area contributed by atoms with E-state index in [1.54, 1.807) is 0 Å². The quantitative estimate of drug-likeness (QED) is 0.331. The number of aliphatic carboxylic acids is 1. The van der Waals surface area contributed by atoms with Gasteiger partial charge in [-0.05, 0) is 6.92 Å². The molecule has 0 aromatic rings. The Morgan fingerprint density at radius 3 is 2.22 bits per heavy atom. The Balaban J connectivity index is 4.00. The van der Waals surface area contributed by atoms with Crippen molar-refractivity contribution in [3.05, 3.63) is 0 Å². The molecule has 0 radical (unpaired) electrons. The van der Waals surface area contributed by atoms with Crippen molar-refractivity contribution in [1.29, 1.82) is 0 Å². The van der Waals surface area contributed by atoms with Gasteiger partial charge >= 0.3 is 12.0 Å². The molecule has 0 aromatic heterocycles. The highest BCUT2D eigenvalue weighted by Gasteiger charge is 2.24. The number of rotatable bonds is 7. The van der Waals surface area contributed by atoms with Crippen molar-refractivity contribution < 1.29 is 28.2 Å². The number of carbonyl (C=O) groups excluding carboxylic acids is 1. The third-order valence-electron chi connectivity index (χ3n) is 1.81. The standard InChI is InChI=1S/C8H17N3O6S/c1-5(12)6(7(13)14)11-8(15)9-3-4-10-18(2,16)17/h5-6,10,12H,3-4H2,1-2H3,(H,13,14)(H2,9,11,15)/t5-,6+/m1/s1. The lowest BCUT2D eigenvalue weighted by Crippen LogP contribution is -2.51. The second-order valence-electron chi connectivity index (χ2n) is 3.62. The average Bonchev–Trinajstić information content (AvgIpc) is 2.18. The monoisotopic (exact) mass is 283 g/mol. The van der Waals surface area contributed by atoms with E-state index < -0.39 is 34.2 Å². The molecule has 0 saturated heterocycles. The summed E-state index contributed by atoms with van der Waals surface area (Å²) >= 11 is 0. The molecule has 0 aromatic carbocycles. The molecule has 0 aliphatic heterocycles. The molecular weight excluding hydrogens is 266 g/mol. The number of urea groups is 1. The molecule has 0 aliphatic rings. The second kappa shape index (κ2) is 7.13. The zero-order chi connectivity index (χ0) is 14.3. The summed E-state index contributed by atoms with van der Waals surface area (Å²) in [4.78, 5) is 21.9. The van der Waals surface area contributed by atoms with Gasteiger partial charge in [-0.3, -0.25) is 0 Å². The van der Waals surface area contributed by atoms with Gasteiger partial charge in [0.2, 0.25) is 10.0 Å².